The van der Waals surface area contributed by atoms with E-state index in [0.29, 0.717) is 0 Å². The van der Waals surface area contributed by atoms with Crippen LogP contribution in [0.1, 0.15) is 0 Å². The fourth-order valence-electron chi connectivity index (χ4n) is 1.44. The molecule has 0 atom stereocenters. The van der Waals surface area contributed by atoms with E-state index in [2.05, 4.69) is 0 Å². The fraction of sp³-hybridized carbons (Fsp3) is 0.600. The Morgan fingerprint density at radius 1 is 0.520 bits per heavy atom. The van der Waals surface area contributed by atoms with Gasteiger partial charge in [0.15, 0.2) is 0 Å². The molecule has 0 radical (unpaired) electrons. The minimum atomic E-state index is -1.53. The van der Waals surface area contributed by atoms with Crippen molar-refractivity contribution >= 4 is 36.3 Å². The molecule has 25 heavy (non-hydrogen) atoms. The molecule has 0 aromatic rings. The van der Waals surface area contributed by atoms with Crippen LogP contribution in [0.25, 0.3) is 0 Å². The molecule has 0 N–H and O–H groups in total. The molecule has 0 amide bonds. The Labute approximate surface area is 239 Å². The van der Waals surface area contributed by atoms with E-state index < -0.39 is 50.1 Å². The standard InChI is InChI=1S/C10H16N2O8.ClH.4Na/c13-7(14)3-11(4-8(15)16)1-2-12(5-9(17)18)6-10(19)20;;;;;/h1-6H2,(H,13,14)(H,15,16)(H,17,18)(H,19,20);1H;;;;/q;;4*+1/p-4. The number of carbonyl (C=O) groups excluding carboxylic acids is 4. The summed E-state index contributed by atoms with van der Waals surface area (Å²) in [5.41, 5.74) is 0. The maximum Gasteiger partial charge on any atom is 1.00 e. The Kier molecular flexibility index (Phi) is 40.0. The first-order chi connectivity index (χ1) is 9.20. The summed E-state index contributed by atoms with van der Waals surface area (Å²) in [6.07, 6.45) is 0. The Balaban J connectivity index is -0.000000180. The van der Waals surface area contributed by atoms with E-state index in [1.54, 1.807) is 0 Å². The Hall–Kier alpha value is 2.09. The Bertz CT molecular complexity index is 337. The first kappa shape index (κ1) is 41.5. The molecule has 0 spiro atoms. The summed E-state index contributed by atoms with van der Waals surface area (Å²) in [4.78, 5) is 43.4. The van der Waals surface area contributed by atoms with Crippen molar-refractivity contribution < 1.29 is 158 Å². The van der Waals surface area contributed by atoms with Crippen LogP contribution in [0, 0.1) is 0 Å². The average molecular weight is 417 g/mol. The molecule has 122 valence electrons. The average Bonchev–Trinajstić information content (AvgIpc) is 2.22. The van der Waals surface area contributed by atoms with E-state index in [4.69, 9.17) is 0 Å². The number of rotatable bonds is 11. The van der Waals surface area contributed by atoms with Gasteiger partial charge in [0.25, 0.3) is 0 Å². The van der Waals surface area contributed by atoms with Crippen molar-refractivity contribution in [3.05, 3.63) is 0 Å². The summed E-state index contributed by atoms with van der Waals surface area (Å²) in [7, 11) is 0. The summed E-state index contributed by atoms with van der Waals surface area (Å²) < 4.78 is 0. The molecule has 10 nitrogen and oxygen atoms in total. The molecule has 0 saturated carbocycles. The van der Waals surface area contributed by atoms with Crippen molar-refractivity contribution in [3.63, 3.8) is 0 Å². The van der Waals surface area contributed by atoms with Gasteiger partial charge in [0, 0.05) is 39.3 Å². The smallest absolute Gasteiger partial charge is 0.549 e. The van der Waals surface area contributed by atoms with Gasteiger partial charge in [-0.2, -0.15) is 0 Å². The van der Waals surface area contributed by atoms with E-state index in [1.807, 2.05) is 0 Å². The van der Waals surface area contributed by atoms with E-state index in [1.165, 1.54) is 0 Å². The van der Waals surface area contributed by atoms with Gasteiger partial charge in [0.2, 0.25) is 0 Å². The summed E-state index contributed by atoms with van der Waals surface area (Å²) in [5, 5.41) is 41.6. The third-order valence-corrected chi connectivity index (χ3v) is 2.14. The zero-order valence-corrected chi connectivity index (χ0v) is 23.6. The van der Waals surface area contributed by atoms with Gasteiger partial charge in [-0.15, -0.1) is 12.4 Å². The number of carboxylic acid groups (broad SMARTS) is 4. The van der Waals surface area contributed by atoms with Crippen LogP contribution in [0.4, 0.5) is 0 Å². The molecule has 0 heterocycles. The third kappa shape index (κ3) is 28.4. The van der Waals surface area contributed by atoms with Gasteiger partial charge in [-0.1, -0.05) is 0 Å². The van der Waals surface area contributed by atoms with E-state index in [9.17, 15) is 39.6 Å². The van der Waals surface area contributed by atoms with Gasteiger partial charge in [0.05, 0.1) is 23.9 Å². The number of hydrogen-bond acceptors (Lipinski definition) is 10. The quantitative estimate of drug-likeness (QED) is 0.295. The van der Waals surface area contributed by atoms with Gasteiger partial charge in [-0.3, -0.25) is 9.80 Å². The van der Waals surface area contributed by atoms with Crippen molar-refractivity contribution in [2.45, 2.75) is 0 Å². The SMILES string of the molecule is Cl.O=C([O-])CN(CCN(CC(=O)[O-])CC(=O)[O-])CC(=O)[O-].[Na+].[Na+].[Na+].[Na+]. The van der Waals surface area contributed by atoms with E-state index in [-0.39, 0.29) is 144 Å². The second kappa shape index (κ2) is 24.1. The molecule has 0 fully saturated rings. The molecule has 0 aromatic heterocycles. The van der Waals surface area contributed by atoms with Crippen molar-refractivity contribution in [2.75, 3.05) is 39.3 Å². The van der Waals surface area contributed by atoms with Crippen molar-refractivity contribution in [2.24, 2.45) is 0 Å². The third-order valence-electron chi connectivity index (χ3n) is 2.14. The molecular weight excluding hydrogens is 404 g/mol. The normalized spacial score (nSPS) is 8.56. The number of aliphatic carboxylic acids is 4. The van der Waals surface area contributed by atoms with Gasteiger partial charge in [-0.25, -0.2) is 0 Å². The number of carboxylic acids is 4. The second-order valence-corrected chi connectivity index (χ2v) is 3.91. The fourth-order valence-corrected chi connectivity index (χ4v) is 1.44. The minimum Gasteiger partial charge on any atom is -0.549 e. The maximum absolute atomic E-state index is 10.4. The van der Waals surface area contributed by atoms with Gasteiger partial charge in [0.1, 0.15) is 0 Å². The Morgan fingerprint density at radius 3 is 0.800 bits per heavy atom. The number of halogens is 1. The molecule has 15 heteroatoms. The van der Waals surface area contributed by atoms with Gasteiger partial charge in [-0.05, 0) is 0 Å². The first-order valence-electron chi connectivity index (χ1n) is 5.44. The molecule has 0 bridgehead atoms. The molecule has 0 unspecified atom stereocenters. The van der Waals surface area contributed by atoms with Crippen LogP contribution in [-0.2, 0) is 19.2 Å². The van der Waals surface area contributed by atoms with E-state index in [0.717, 1.165) is 9.80 Å². The molecular formula is C10H13ClN2Na4O8. The molecule has 0 aromatic carbocycles. The van der Waals surface area contributed by atoms with Crippen LogP contribution in [0.2, 0.25) is 0 Å². The minimum absolute atomic E-state index is 0. The molecule has 0 rings (SSSR count). The predicted molar refractivity (Wildman–Crippen MR) is 60.2 cm³/mol. The van der Waals surface area contributed by atoms with Crippen molar-refractivity contribution in [1.82, 2.24) is 9.80 Å². The van der Waals surface area contributed by atoms with Crippen LogP contribution in [0.5, 0.6) is 0 Å². The molecule has 0 aliphatic carbocycles. The van der Waals surface area contributed by atoms with E-state index >= 15 is 0 Å². The Morgan fingerprint density at radius 2 is 0.680 bits per heavy atom. The topological polar surface area (TPSA) is 167 Å². The van der Waals surface area contributed by atoms with Gasteiger partial charge >= 0.3 is 118 Å². The van der Waals surface area contributed by atoms with Crippen LogP contribution in [0.3, 0.4) is 0 Å². The van der Waals surface area contributed by atoms with Crippen LogP contribution < -0.4 is 139 Å². The van der Waals surface area contributed by atoms with Gasteiger partial charge < -0.3 is 39.6 Å². The molecule has 0 aliphatic rings. The van der Waals surface area contributed by atoms with Crippen LogP contribution in [0.15, 0.2) is 0 Å². The summed E-state index contributed by atoms with van der Waals surface area (Å²) >= 11 is 0. The zero-order chi connectivity index (χ0) is 15.7. The number of carbonyl (C=O) groups is 4. The zero-order valence-electron chi connectivity index (χ0n) is 14.8. The summed E-state index contributed by atoms with van der Waals surface area (Å²) in [5.74, 6) is -6.12. The predicted octanol–water partition coefficient (Wildman–Crippen LogP) is -19.0. The maximum atomic E-state index is 10.4. The monoisotopic (exact) mass is 416 g/mol. The largest absolute Gasteiger partial charge is 1.00 e. The first-order valence-corrected chi connectivity index (χ1v) is 5.44. The summed E-state index contributed by atoms with van der Waals surface area (Å²) in [6, 6.07) is 0. The number of hydrogen-bond donors (Lipinski definition) is 0. The molecule has 0 aliphatic heterocycles. The second-order valence-electron chi connectivity index (χ2n) is 3.91. The number of nitrogens with zero attached hydrogens (tertiary/aromatic N) is 2. The van der Waals surface area contributed by atoms with Crippen molar-refractivity contribution in [1.29, 1.82) is 0 Å². The van der Waals surface area contributed by atoms with Crippen LogP contribution in [-0.4, -0.2) is 72.9 Å². The molecule has 0 saturated heterocycles. The van der Waals surface area contributed by atoms with Crippen molar-refractivity contribution in [3.8, 4) is 0 Å². The van der Waals surface area contributed by atoms with Crippen LogP contribution >= 0.6 is 12.4 Å². The summed E-state index contributed by atoms with van der Waals surface area (Å²) in [6.45, 7) is -3.25.